The topological polar surface area (TPSA) is 215 Å². The molecule has 0 aromatic heterocycles. The first kappa shape index (κ1) is 45.3. The van der Waals surface area contributed by atoms with Gasteiger partial charge in [0.15, 0.2) is 36.7 Å². The molecule has 8 rings (SSSR count). The largest absolute Gasteiger partial charge is 0.463 e. The highest BCUT2D eigenvalue weighted by molar-refractivity contribution is 5.68. The highest BCUT2D eigenvalue weighted by Gasteiger charge is 2.70. The summed E-state index contributed by atoms with van der Waals surface area (Å²) >= 11 is 0. The van der Waals surface area contributed by atoms with Crippen molar-refractivity contribution in [3.8, 4) is 0 Å². The lowest BCUT2D eigenvalue weighted by atomic mass is 9.46. The van der Waals surface area contributed by atoms with Gasteiger partial charge in [0.05, 0.1) is 31.0 Å². The Balaban J connectivity index is 1.12. The van der Waals surface area contributed by atoms with E-state index in [1.807, 2.05) is 0 Å². The van der Waals surface area contributed by atoms with Gasteiger partial charge in [-0.15, -0.1) is 0 Å². The zero-order valence-corrected chi connectivity index (χ0v) is 36.8. The van der Waals surface area contributed by atoms with E-state index in [2.05, 4.69) is 33.8 Å². The van der Waals surface area contributed by atoms with Crippen LogP contribution in [0.2, 0.25) is 0 Å². The van der Waals surface area contributed by atoms with Crippen LogP contribution in [0.25, 0.3) is 0 Å². The summed E-state index contributed by atoms with van der Waals surface area (Å²) in [5.41, 5.74) is 0.557. The van der Waals surface area contributed by atoms with Crippen LogP contribution in [0, 0.1) is 46.3 Å². The maximum atomic E-state index is 12.8. The summed E-state index contributed by atoms with van der Waals surface area (Å²) in [6.07, 6.45) is -6.89. The first-order valence-electron chi connectivity index (χ1n) is 22.6. The van der Waals surface area contributed by atoms with Gasteiger partial charge >= 0.3 is 17.9 Å². The molecule has 16 heteroatoms. The molecule has 4 aliphatic heterocycles. The molecule has 4 N–H and O–H groups in total. The molecule has 61 heavy (non-hydrogen) atoms. The number of allylic oxidation sites excluding steroid dienone is 1. The number of aliphatic hydroxyl groups is 4. The Hall–Kier alpha value is -2.25. The van der Waals surface area contributed by atoms with Gasteiger partial charge < -0.3 is 63.1 Å². The molecular formula is C45H68O16. The fourth-order valence-electron chi connectivity index (χ4n) is 13.5. The number of carbonyl (C=O) groups excluding carboxylic acids is 3. The lowest BCUT2D eigenvalue weighted by molar-refractivity contribution is -0.375. The van der Waals surface area contributed by atoms with Crippen molar-refractivity contribution in [2.75, 3.05) is 13.2 Å². The van der Waals surface area contributed by atoms with Crippen molar-refractivity contribution in [2.45, 2.75) is 192 Å². The molecule has 0 aromatic rings. The Morgan fingerprint density at radius 1 is 0.803 bits per heavy atom. The summed E-state index contributed by atoms with van der Waals surface area (Å²) in [6.45, 7) is 14.6. The van der Waals surface area contributed by atoms with Gasteiger partial charge in [0.2, 0.25) is 0 Å². The number of ether oxygens (including phenoxy) is 9. The summed E-state index contributed by atoms with van der Waals surface area (Å²) in [4.78, 5) is 37.5. The third-order valence-electron chi connectivity index (χ3n) is 16.5. The molecule has 0 amide bonds. The number of esters is 3. The van der Waals surface area contributed by atoms with Gasteiger partial charge in [0, 0.05) is 44.9 Å². The molecule has 16 nitrogen and oxygen atoms in total. The molecule has 7 fully saturated rings. The normalized spacial score (nSPS) is 51.6. The van der Waals surface area contributed by atoms with Gasteiger partial charge in [-0.1, -0.05) is 39.3 Å². The molecule has 0 bridgehead atoms. The average Bonchev–Trinajstić information content (AvgIpc) is 3.64. The minimum atomic E-state index is -1.75. The summed E-state index contributed by atoms with van der Waals surface area (Å²) < 4.78 is 56.4. The molecule has 4 aliphatic carbocycles. The molecule has 8 aliphatic rings. The molecular weight excluding hydrogens is 796 g/mol. The predicted molar refractivity (Wildman–Crippen MR) is 212 cm³/mol. The van der Waals surface area contributed by atoms with Crippen molar-refractivity contribution in [2.24, 2.45) is 46.3 Å². The van der Waals surface area contributed by atoms with Crippen LogP contribution in [-0.4, -0.2) is 137 Å². The van der Waals surface area contributed by atoms with E-state index in [1.54, 1.807) is 0 Å². The van der Waals surface area contributed by atoms with Crippen LogP contribution < -0.4 is 0 Å². The second-order valence-electron chi connectivity index (χ2n) is 20.1. The molecule has 1 spiro atoms. The summed E-state index contributed by atoms with van der Waals surface area (Å²) in [7, 11) is 0. The number of carbonyl (C=O) groups is 3. The zero-order valence-electron chi connectivity index (χ0n) is 36.8. The van der Waals surface area contributed by atoms with E-state index in [9.17, 15) is 34.8 Å². The van der Waals surface area contributed by atoms with Crippen molar-refractivity contribution in [3.63, 3.8) is 0 Å². The minimum absolute atomic E-state index is 0.0435. The molecule has 4 heterocycles. The van der Waals surface area contributed by atoms with Crippen LogP contribution in [0.3, 0.4) is 0 Å². The standard InChI is InChI=1S/C45H68O16/c1-20-11-14-45(54-18-20)21(2)34-31(61-45)17-30-28-10-9-26-15-27(49)16-33(44(26,8)29(28)12-13-43(30,34)7)59-42-40(60-41-37(52)36(51)35(50)22(3)55-41)39(57-25(6)48)38(56-24(5)47)32(58-42)19-53-23(4)46/h9,20-22,27-42,49-52H,10-19H2,1-8H3/t20-,21?,22+,27-,28-,29+,30+,31?,32-,33-,34?,35+,36-,37-,38+,39+,40-,41+,42+,43+,44+,45-/m1/s1. The molecule has 4 saturated heterocycles. The monoisotopic (exact) mass is 864 g/mol. The Labute approximate surface area is 358 Å². The quantitative estimate of drug-likeness (QED) is 0.157. The molecule has 22 atom stereocenters. The second-order valence-corrected chi connectivity index (χ2v) is 20.1. The number of hydrogen-bond donors (Lipinski definition) is 4. The second kappa shape index (κ2) is 17.0. The van der Waals surface area contributed by atoms with Crippen LogP contribution in [0.15, 0.2) is 11.6 Å². The predicted octanol–water partition coefficient (Wildman–Crippen LogP) is 3.07. The van der Waals surface area contributed by atoms with E-state index in [-0.39, 0.29) is 29.8 Å². The molecule has 0 radical (unpaired) electrons. The summed E-state index contributed by atoms with van der Waals surface area (Å²) in [5.74, 6) is -0.657. The molecule has 3 unspecified atom stereocenters. The highest BCUT2D eigenvalue weighted by atomic mass is 16.8. The number of fused-ring (bicyclic) bond motifs is 7. The Morgan fingerprint density at radius 2 is 1.52 bits per heavy atom. The summed E-state index contributed by atoms with van der Waals surface area (Å²) in [6, 6.07) is 0. The van der Waals surface area contributed by atoms with Gasteiger partial charge in [-0.3, -0.25) is 14.4 Å². The number of hydrogen-bond acceptors (Lipinski definition) is 16. The summed E-state index contributed by atoms with van der Waals surface area (Å²) in [5, 5.41) is 43.8. The maximum Gasteiger partial charge on any atom is 0.303 e. The minimum Gasteiger partial charge on any atom is -0.463 e. The van der Waals surface area contributed by atoms with Crippen molar-refractivity contribution >= 4 is 17.9 Å². The lowest BCUT2D eigenvalue weighted by Crippen LogP contribution is -2.66. The fraction of sp³-hybridized carbons (Fsp3) is 0.889. The van der Waals surface area contributed by atoms with Gasteiger partial charge in [-0.2, -0.15) is 0 Å². The van der Waals surface area contributed by atoms with E-state index in [1.165, 1.54) is 27.7 Å². The van der Waals surface area contributed by atoms with E-state index < -0.39 is 109 Å². The first-order valence-corrected chi connectivity index (χ1v) is 22.6. The van der Waals surface area contributed by atoms with Gasteiger partial charge in [0.25, 0.3) is 0 Å². The third-order valence-corrected chi connectivity index (χ3v) is 16.5. The Bertz CT molecular complexity index is 1680. The number of rotatable bonds is 8. The Morgan fingerprint density at radius 3 is 2.20 bits per heavy atom. The van der Waals surface area contributed by atoms with E-state index >= 15 is 0 Å². The SMILES string of the molecule is CC(=O)OC[C@H]1O[C@@H](O[C@@H]2C[C@H](O)CC3=CC[C@@H]4[C@H](CC[C@]5(C)C6C(C[C@@H]45)O[C@]4(CC[C@@H](C)CO4)C6C)[C@]32C)[C@H](O[C@@H]2O[C@@H](C)[C@H](O)[C@@H](O)[C@H]2O)[C@@H](OC(C)=O)[C@H]1OC(C)=O. The zero-order chi connectivity index (χ0) is 43.9. The lowest BCUT2D eigenvalue weighted by Gasteiger charge is -2.60. The van der Waals surface area contributed by atoms with Crippen LogP contribution in [0.5, 0.6) is 0 Å². The fourth-order valence-corrected chi connectivity index (χ4v) is 13.5. The van der Waals surface area contributed by atoms with Crippen molar-refractivity contribution < 1.29 is 77.4 Å². The molecule has 0 aromatic carbocycles. The van der Waals surface area contributed by atoms with E-state index in [4.69, 9.17) is 42.6 Å². The van der Waals surface area contributed by atoms with Crippen LogP contribution in [-0.2, 0) is 57.0 Å². The highest BCUT2D eigenvalue weighted by Crippen LogP contribution is 2.71. The van der Waals surface area contributed by atoms with Crippen LogP contribution in [0.4, 0.5) is 0 Å². The van der Waals surface area contributed by atoms with Gasteiger partial charge in [-0.25, -0.2) is 0 Å². The van der Waals surface area contributed by atoms with Gasteiger partial charge in [0.1, 0.15) is 31.0 Å². The van der Waals surface area contributed by atoms with Crippen LogP contribution >= 0.6 is 0 Å². The van der Waals surface area contributed by atoms with Crippen molar-refractivity contribution in [1.29, 1.82) is 0 Å². The molecule has 344 valence electrons. The van der Waals surface area contributed by atoms with Crippen molar-refractivity contribution in [1.82, 2.24) is 0 Å². The van der Waals surface area contributed by atoms with Crippen LogP contribution in [0.1, 0.15) is 107 Å². The maximum absolute atomic E-state index is 12.8. The Kier molecular flexibility index (Phi) is 12.6. The number of aliphatic hydroxyl groups excluding tert-OH is 4. The average molecular weight is 865 g/mol. The van der Waals surface area contributed by atoms with Gasteiger partial charge in [-0.05, 0) is 80.5 Å². The van der Waals surface area contributed by atoms with E-state index in [0.29, 0.717) is 30.1 Å². The molecule has 3 saturated carbocycles. The third kappa shape index (κ3) is 7.90. The van der Waals surface area contributed by atoms with E-state index in [0.717, 1.165) is 50.7 Å². The smallest absolute Gasteiger partial charge is 0.303 e. The van der Waals surface area contributed by atoms with Crippen molar-refractivity contribution in [3.05, 3.63) is 11.6 Å². The first-order chi connectivity index (χ1) is 28.8.